The van der Waals surface area contributed by atoms with E-state index in [0.717, 1.165) is 24.2 Å². The number of likely N-dealkylation sites (N-methyl/N-ethyl adjacent to an activating group) is 1. The number of halogens is 3. The fourth-order valence-corrected chi connectivity index (χ4v) is 2.26. The van der Waals surface area contributed by atoms with Gasteiger partial charge >= 0.3 is 6.18 Å². The van der Waals surface area contributed by atoms with Crippen LogP contribution >= 0.6 is 0 Å². The molecule has 1 aliphatic carbocycles. The zero-order chi connectivity index (χ0) is 15.9. The molecule has 1 unspecified atom stereocenters. The highest BCUT2D eigenvalue weighted by atomic mass is 19.4. The fraction of sp³-hybridized carbons (Fsp3) is 0.786. The van der Waals surface area contributed by atoms with Crippen LogP contribution in [0.1, 0.15) is 32.1 Å². The third kappa shape index (κ3) is 7.47. The number of aliphatic hydroxyl groups excluding tert-OH is 1. The monoisotopic (exact) mass is 308 g/mol. The van der Waals surface area contributed by atoms with E-state index < -0.39 is 18.8 Å². The van der Waals surface area contributed by atoms with Crippen LogP contribution in [0, 0.1) is 0 Å². The van der Waals surface area contributed by atoms with E-state index in [1.54, 1.807) is 0 Å². The van der Waals surface area contributed by atoms with Crippen molar-refractivity contribution in [1.29, 1.82) is 0 Å². The zero-order valence-corrected chi connectivity index (χ0v) is 12.2. The molecule has 0 saturated carbocycles. The van der Waals surface area contributed by atoms with Crippen LogP contribution in [0.3, 0.4) is 0 Å². The summed E-state index contributed by atoms with van der Waals surface area (Å²) in [6, 6.07) is 0. The SMILES string of the molecule is CN(CC(=O)NCCC1=CCCCC1)CC(O)C(F)(F)F. The highest BCUT2D eigenvalue weighted by Crippen LogP contribution is 2.20. The number of alkyl halides is 3. The van der Waals surface area contributed by atoms with E-state index in [9.17, 15) is 18.0 Å². The molecular formula is C14H23F3N2O2. The number of hydrogen-bond donors (Lipinski definition) is 2. The molecule has 1 amide bonds. The predicted octanol–water partition coefficient (Wildman–Crippen LogP) is 1.85. The molecule has 0 radical (unpaired) electrons. The molecule has 0 fully saturated rings. The van der Waals surface area contributed by atoms with Gasteiger partial charge in [0.05, 0.1) is 6.54 Å². The van der Waals surface area contributed by atoms with Gasteiger partial charge in [-0.25, -0.2) is 0 Å². The first-order valence-corrected chi connectivity index (χ1v) is 7.17. The minimum absolute atomic E-state index is 0.161. The van der Waals surface area contributed by atoms with Gasteiger partial charge in [-0.1, -0.05) is 11.6 Å². The van der Waals surface area contributed by atoms with E-state index in [1.807, 2.05) is 0 Å². The average Bonchev–Trinajstić information content (AvgIpc) is 2.38. The third-order valence-corrected chi connectivity index (χ3v) is 3.43. The molecule has 0 aliphatic heterocycles. The summed E-state index contributed by atoms with van der Waals surface area (Å²) in [5, 5.41) is 11.6. The Morgan fingerprint density at radius 2 is 2.19 bits per heavy atom. The molecular weight excluding hydrogens is 285 g/mol. The van der Waals surface area contributed by atoms with Crippen molar-refractivity contribution in [1.82, 2.24) is 10.2 Å². The van der Waals surface area contributed by atoms with Gasteiger partial charge in [0.25, 0.3) is 0 Å². The number of rotatable bonds is 7. The standard InChI is InChI=1S/C14H23F3N2O2/c1-19(9-12(20)14(15,16)17)10-13(21)18-8-7-11-5-3-2-4-6-11/h5,12,20H,2-4,6-10H2,1H3,(H,18,21). The molecule has 122 valence electrons. The normalized spacial score (nSPS) is 17.5. The van der Waals surface area contributed by atoms with Gasteiger partial charge in [0.1, 0.15) is 0 Å². The Bertz CT molecular complexity index is 370. The Morgan fingerprint density at radius 1 is 1.48 bits per heavy atom. The maximum absolute atomic E-state index is 12.2. The van der Waals surface area contributed by atoms with Crippen molar-refractivity contribution in [2.75, 3.05) is 26.7 Å². The minimum atomic E-state index is -4.65. The van der Waals surface area contributed by atoms with Crippen molar-refractivity contribution < 1.29 is 23.1 Å². The number of aliphatic hydroxyl groups is 1. The van der Waals surface area contributed by atoms with Gasteiger partial charge in [-0.2, -0.15) is 13.2 Å². The molecule has 1 rings (SSSR count). The number of nitrogens with one attached hydrogen (secondary N) is 1. The van der Waals surface area contributed by atoms with Crippen LogP contribution in [0.4, 0.5) is 13.2 Å². The van der Waals surface area contributed by atoms with Crippen molar-refractivity contribution in [2.24, 2.45) is 0 Å². The van der Waals surface area contributed by atoms with Crippen LogP contribution in [-0.4, -0.2) is 54.9 Å². The third-order valence-electron chi connectivity index (χ3n) is 3.43. The van der Waals surface area contributed by atoms with Crippen LogP contribution in [-0.2, 0) is 4.79 Å². The Labute approximate surface area is 123 Å². The number of carbonyl (C=O) groups is 1. The Balaban J connectivity index is 2.19. The average molecular weight is 308 g/mol. The molecule has 1 aliphatic rings. The number of allylic oxidation sites excluding steroid dienone is 1. The summed E-state index contributed by atoms with van der Waals surface area (Å²) in [4.78, 5) is 12.8. The van der Waals surface area contributed by atoms with Crippen LogP contribution in [0.25, 0.3) is 0 Å². The number of carbonyl (C=O) groups excluding carboxylic acids is 1. The van der Waals surface area contributed by atoms with Gasteiger partial charge in [-0.15, -0.1) is 0 Å². The van der Waals surface area contributed by atoms with Crippen molar-refractivity contribution in [3.05, 3.63) is 11.6 Å². The Hall–Kier alpha value is -1.08. The van der Waals surface area contributed by atoms with Crippen molar-refractivity contribution >= 4 is 5.91 Å². The summed E-state index contributed by atoms with van der Waals surface area (Å²) in [7, 11) is 1.37. The van der Waals surface area contributed by atoms with E-state index in [2.05, 4.69) is 11.4 Å². The van der Waals surface area contributed by atoms with E-state index in [0.29, 0.717) is 6.54 Å². The second-order valence-corrected chi connectivity index (χ2v) is 5.46. The molecule has 2 N–H and O–H groups in total. The predicted molar refractivity (Wildman–Crippen MR) is 73.7 cm³/mol. The van der Waals surface area contributed by atoms with Gasteiger partial charge in [0.15, 0.2) is 6.10 Å². The molecule has 0 spiro atoms. The second-order valence-electron chi connectivity index (χ2n) is 5.46. The lowest BCUT2D eigenvalue weighted by atomic mass is 9.97. The molecule has 0 bridgehead atoms. The summed E-state index contributed by atoms with van der Waals surface area (Å²) in [5.74, 6) is -0.330. The van der Waals surface area contributed by atoms with Crippen LogP contribution in [0.15, 0.2) is 11.6 Å². The summed E-state index contributed by atoms with van der Waals surface area (Å²) in [5.41, 5.74) is 1.34. The van der Waals surface area contributed by atoms with Gasteiger partial charge < -0.3 is 10.4 Å². The molecule has 0 aromatic heterocycles. The summed E-state index contributed by atoms with van der Waals surface area (Å²) >= 11 is 0. The van der Waals surface area contributed by atoms with Gasteiger partial charge in [-0.05, 0) is 39.2 Å². The lowest BCUT2D eigenvalue weighted by molar-refractivity contribution is -0.207. The largest absolute Gasteiger partial charge is 0.415 e. The molecule has 0 heterocycles. The Kier molecular flexibility index (Phi) is 7.17. The second kappa shape index (κ2) is 8.38. The van der Waals surface area contributed by atoms with E-state index in [1.165, 1.54) is 25.5 Å². The Morgan fingerprint density at radius 3 is 2.76 bits per heavy atom. The molecule has 21 heavy (non-hydrogen) atoms. The highest BCUT2D eigenvalue weighted by Gasteiger charge is 2.38. The van der Waals surface area contributed by atoms with Crippen LogP contribution in [0.5, 0.6) is 0 Å². The number of nitrogens with zero attached hydrogens (tertiary/aromatic N) is 1. The quantitative estimate of drug-likeness (QED) is 0.706. The molecule has 0 aromatic carbocycles. The summed E-state index contributed by atoms with van der Waals surface area (Å²) < 4.78 is 36.5. The van der Waals surface area contributed by atoms with Crippen LogP contribution in [0.2, 0.25) is 0 Å². The molecule has 1 atom stereocenters. The highest BCUT2D eigenvalue weighted by molar-refractivity contribution is 5.77. The van der Waals surface area contributed by atoms with E-state index in [-0.39, 0.29) is 12.5 Å². The first-order chi connectivity index (χ1) is 9.79. The topological polar surface area (TPSA) is 52.6 Å². The van der Waals surface area contributed by atoms with Gasteiger partial charge in [-0.3, -0.25) is 9.69 Å². The zero-order valence-electron chi connectivity index (χ0n) is 12.2. The van der Waals surface area contributed by atoms with Crippen molar-refractivity contribution in [2.45, 2.75) is 44.4 Å². The first kappa shape index (κ1) is 18.0. The first-order valence-electron chi connectivity index (χ1n) is 7.17. The summed E-state index contributed by atoms with van der Waals surface area (Å²) in [6.45, 7) is -0.269. The molecule has 7 heteroatoms. The number of hydrogen-bond acceptors (Lipinski definition) is 3. The molecule has 4 nitrogen and oxygen atoms in total. The van der Waals surface area contributed by atoms with Gasteiger partial charge in [0.2, 0.25) is 5.91 Å². The minimum Gasteiger partial charge on any atom is -0.382 e. The summed E-state index contributed by atoms with van der Waals surface area (Å²) in [6.07, 6.45) is 0.442. The van der Waals surface area contributed by atoms with Crippen molar-refractivity contribution in [3.63, 3.8) is 0 Å². The maximum atomic E-state index is 12.2. The fourth-order valence-electron chi connectivity index (χ4n) is 2.26. The lowest BCUT2D eigenvalue weighted by Gasteiger charge is -2.21. The molecule has 0 saturated heterocycles. The number of amides is 1. The molecule has 0 aromatic rings. The van der Waals surface area contributed by atoms with E-state index >= 15 is 0 Å². The van der Waals surface area contributed by atoms with Crippen LogP contribution < -0.4 is 5.32 Å². The lowest BCUT2D eigenvalue weighted by Crippen LogP contribution is -2.43. The smallest absolute Gasteiger partial charge is 0.382 e. The van der Waals surface area contributed by atoms with Gasteiger partial charge in [0, 0.05) is 13.1 Å². The maximum Gasteiger partial charge on any atom is 0.415 e. The van der Waals surface area contributed by atoms with Crippen molar-refractivity contribution in [3.8, 4) is 0 Å². The van der Waals surface area contributed by atoms with E-state index in [4.69, 9.17) is 5.11 Å².